The minimum atomic E-state index is -1.58. The van der Waals surface area contributed by atoms with Gasteiger partial charge < -0.3 is 0 Å². The highest BCUT2D eigenvalue weighted by atomic mass is 31.2. The second-order valence-electron chi connectivity index (χ2n) is 5.66. The van der Waals surface area contributed by atoms with Crippen molar-refractivity contribution in [3.05, 3.63) is 90.5 Å². The maximum atomic E-state index is 2.45. The highest BCUT2D eigenvalue weighted by molar-refractivity contribution is 7.95. The standard InChI is InChI=1S/C21H22P/c1-3-18-12-10-11-17-21(18)22(2,19-13-6-4-7-14-19)20-15-8-5-9-16-20/h4-17H,3H2,1-2H3/q+1. The van der Waals surface area contributed by atoms with Crippen LogP contribution in [0.3, 0.4) is 0 Å². The van der Waals surface area contributed by atoms with Crippen molar-refractivity contribution in [2.75, 3.05) is 6.66 Å². The molecule has 3 rings (SSSR count). The molecular formula is C21H22P+. The van der Waals surface area contributed by atoms with Crippen LogP contribution in [0.5, 0.6) is 0 Å². The van der Waals surface area contributed by atoms with Crippen molar-refractivity contribution in [3.63, 3.8) is 0 Å². The molecule has 3 aromatic carbocycles. The summed E-state index contributed by atoms with van der Waals surface area (Å²) >= 11 is 0. The van der Waals surface area contributed by atoms with Crippen molar-refractivity contribution in [3.8, 4) is 0 Å². The Morgan fingerprint density at radius 3 is 1.59 bits per heavy atom. The molecule has 0 radical (unpaired) electrons. The first-order chi connectivity index (χ1) is 10.8. The van der Waals surface area contributed by atoms with E-state index in [1.807, 2.05) is 0 Å². The predicted molar refractivity (Wildman–Crippen MR) is 100 cm³/mol. The molecule has 0 aromatic heterocycles. The minimum absolute atomic E-state index is 1.07. The number of hydrogen-bond donors (Lipinski definition) is 0. The fourth-order valence-electron chi connectivity index (χ4n) is 3.13. The molecule has 0 nitrogen and oxygen atoms in total. The van der Waals surface area contributed by atoms with Crippen LogP contribution in [-0.2, 0) is 6.42 Å². The Balaban J connectivity index is 2.29. The Morgan fingerprint density at radius 2 is 1.09 bits per heavy atom. The van der Waals surface area contributed by atoms with Crippen LogP contribution in [0.25, 0.3) is 0 Å². The molecule has 0 bridgehead atoms. The van der Waals surface area contributed by atoms with Crippen LogP contribution in [0.4, 0.5) is 0 Å². The van der Waals surface area contributed by atoms with Crippen LogP contribution in [0, 0.1) is 0 Å². The van der Waals surface area contributed by atoms with Crippen molar-refractivity contribution >= 4 is 23.2 Å². The summed E-state index contributed by atoms with van der Waals surface area (Å²) in [6, 6.07) is 30.9. The Labute approximate surface area is 134 Å². The zero-order chi connectivity index (χ0) is 15.4. The third-order valence-electron chi connectivity index (χ3n) is 4.40. The van der Waals surface area contributed by atoms with E-state index in [-0.39, 0.29) is 0 Å². The summed E-state index contributed by atoms with van der Waals surface area (Å²) in [6.45, 7) is 4.70. The number of rotatable bonds is 4. The quantitative estimate of drug-likeness (QED) is 0.635. The summed E-state index contributed by atoms with van der Waals surface area (Å²) in [5, 5.41) is 4.40. The van der Waals surface area contributed by atoms with Crippen molar-refractivity contribution in [2.45, 2.75) is 13.3 Å². The van der Waals surface area contributed by atoms with Gasteiger partial charge in [-0.1, -0.05) is 61.5 Å². The highest BCUT2D eigenvalue weighted by Gasteiger charge is 2.41. The molecule has 22 heavy (non-hydrogen) atoms. The molecule has 110 valence electrons. The van der Waals surface area contributed by atoms with Gasteiger partial charge in [-0.15, -0.1) is 0 Å². The molecule has 1 heteroatoms. The SMILES string of the molecule is CCc1ccccc1[P+](C)(c1ccccc1)c1ccccc1. The molecule has 0 aliphatic carbocycles. The van der Waals surface area contributed by atoms with Gasteiger partial charge in [0.2, 0.25) is 0 Å². The molecule has 0 aliphatic rings. The molecule has 0 unspecified atom stereocenters. The van der Waals surface area contributed by atoms with Crippen LogP contribution in [0.2, 0.25) is 0 Å². The van der Waals surface area contributed by atoms with Crippen LogP contribution in [0.15, 0.2) is 84.9 Å². The van der Waals surface area contributed by atoms with Gasteiger partial charge in [-0.05, 0) is 42.3 Å². The molecule has 0 heterocycles. The molecule has 3 aromatic rings. The fraction of sp³-hybridized carbons (Fsp3) is 0.143. The molecule has 0 saturated carbocycles. The molecular weight excluding hydrogens is 283 g/mol. The normalized spacial score (nSPS) is 11.4. The predicted octanol–water partition coefficient (Wildman–Crippen LogP) is 4.17. The fourth-order valence-corrected chi connectivity index (χ4v) is 6.71. The summed E-state index contributed by atoms with van der Waals surface area (Å²) in [5.41, 5.74) is 1.46. The lowest BCUT2D eigenvalue weighted by Crippen LogP contribution is -2.32. The van der Waals surface area contributed by atoms with Crippen LogP contribution < -0.4 is 15.9 Å². The molecule has 0 aliphatic heterocycles. The summed E-state index contributed by atoms with van der Waals surface area (Å²) in [7, 11) is -1.58. The third kappa shape index (κ3) is 2.60. The Kier molecular flexibility index (Phi) is 4.41. The van der Waals surface area contributed by atoms with Crippen LogP contribution >= 0.6 is 7.26 Å². The van der Waals surface area contributed by atoms with E-state index >= 15 is 0 Å². The summed E-state index contributed by atoms with van der Waals surface area (Å²) < 4.78 is 0. The van der Waals surface area contributed by atoms with E-state index in [9.17, 15) is 0 Å². The van der Waals surface area contributed by atoms with E-state index < -0.39 is 7.26 Å². The topological polar surface area (TPSA) is 0 Å². The van der Waals surface area contributed by atoms with Gasteiger partial charge in [-0.25, -0.2) is 0 Å². The van der Waals surface area contributed by atoms with Crippen molar-refractivity contribution in [1.29, 1.82) is 0 Å². The van der Waals surface area contributed by atoms with Gasteiger partial charge in [0, 0.05) is 0 Å². The van der Waals surface area contributed by atoms with Gasteiger partial charge in [0.25, 0.3) is 0 Å². The van der Waals surface area contributed by atoms with Crippen LogP contribution in [0.1, 0.15) is 12.5 Å². The van der Waals surface area contributed by atoms with Crippen molar-refractivity contribution in [1.82, 2.24) is 0 Å². The Morgan fingerprint density at radius 1 is 0.636 bits per heavy atom. The maximum Gasteiger partial charge on any atom is 0.109 e. The number of aryl methyl sites for hydroxylation is 1. The third-order valence-corrected chi connectivity index (χ3v) is 8.46. The maximum absolute atomic E-state index is 2.45. The van der Waals surface area contributed by atoms with Gasteiger partial charge >= 0.3 is 0 Å². The van der Waals surface area contributed by atoms with E-state index in [0.29, 0.717) is 0 Å². The summed E-state index contributed by atoms with van der Waals surface area (Å²) in [4.78, 5) is 0. The monoisotopic (exact) mass is 305 g/mol. The Bertz CT molecular complexity index is 693. The van der Waals surface area contributed by atoms with Gasteiger partial charge in [-0.2, -0.15) is 0 Å². The average molecular weight is 305 g/mol. The largest absolute Gasteiger partial charge is 0.109 e. The number of hydrogen-bond acceptors (Lipinski definition) is 0. The first-order valence-electron chi connectivity index (χ1n) is 7.83. The Hall–Kier alpha value is -1.91. The first kappa shape index (κ1) is 15.0. The summed E-state index contributed by atoms with van der Waals surface area (Å²) in [6.07, 6.45) is 1.07. The van der Waals surface area contributed by atoms with Gasteiger partial charge in [0.05, 0.1) is 6.66 Å². The lowest BCUT2D eigenvalue weighted by atomic mass is 10.2. The zero-order valence-corrected chi connectivity index (χ0v) is 14.1. The molecule has 0 N–H and O–H groups in total. The van der Waals surface area contributed by atoms with E-state index in [0.717, 1.165) is 6.42 Å². The van der Waals surface area contributed by atoms with Gasteiger partial charge in [0.1, 0.15) is 23.2 Å². The summed E-state index contributed by atoms with van der Waals surface area (Å²) in [5.74, 6) is 0. The lowest BCUT2D eigenvalue weighted by Gasteiger charge is -2.25. The van der Waals surface area contributed by atoms with Crippen molar-refractivity contribution < 1.29 is 0 Å². The first-order valence-corrected chi connectivity index (χ1v) is 10.1. The highest BCUT2D eigenvalue weighted by Crippen LogP contribution is 2.52. The average Bonchev–Trinajstić information content (AvgIpc) is 2.62. The second kappa shape index (κ2) is 6.46. The minimum Gasteiger partial charge on any atom is -0.0620 e. The zero-order valence-electron chi connectivity index (χ0n) is 13.2. The van der Waals surface area contributed by atoms with Crippen LogP contribution in [-0.4, -0.2) is 6.66 Å². The molecule has 0 atom stereocenters. The van der Waals surface area contributed by atoms with E-state index in [1.165, 1.54) is 21.5 Å². The van der Waals surface area contributed by atoms with E-state index in [2.05, 4.69) is 98.5 Å². The lowest BCUT2D eigenvalue weighted by molar-refractivity contribution is 1.15. The second-order valence-corrected chi connectivity index (χ2v) is 9.19. The molecule has 0 spiro atoms. The molecule has 0 amide bonds. The van der Waals surface area contributed by atoms with Gasteiger partial charge in [-0.3, -0.25) is 0 Å². The smallest absolute Gasteiger partial charge is 0.0620 e. The van der Waals surface area contributed by atoms with E-state index in [4.69, 9.17) is 0 Å². The number of benzene rings is 3. The van der Waals surface area contributed by atoms with Gasteiger partial charge in [0.15, 0.2) is 0 Å². The molecule has 0 fully saturated rings. The van der Waals surface area contributed by atoms with Crippen molar-refractivity contribution in [2.24, 2.45) is 0 Å². The van der Waals surface area contributed by atoms with E-state index in [1.54, 1.807) is 0 Å². The molecule has 0 saturated heterocycles.